The zero-order chi connectivity index (χ0) is 22.5. The number of fused-ring (bicyclic) bond motifs is 1. The zero-order valence-electron chi connectivity index (χ0n) is 17.9. The van der Waals surface area contributed by atoms with Crippen molar-refractivity contribution in [2.45, 2.75) is 39.2 Å². The van der Waals surface area contributed by atoms with Crippen LogP contribution in [0.15, 0.2) is 57.5 Å². The van der Waals surface area contributed by atoms with Crippen LogP contribution in [0.2, 0.25) is 0 Å². The largest absolute Gasteiger partial charge is 0.490 e. The molecule has 2 aromatic carbocycles. The van der Waals surface area contributed by atoms with Crippen LogP contribution in [0.4, 0.5) is 4.39 Å². The molecule has 4 rings (SSSR count). The first-order valence-corrected chi connectivity index (χ1v) is 10.6. The highest BCUT2D eigenvalue weighted by molar-refractivity contribution is 5.84. The summed E-state index contributed by atoms with van der Waals surface area (Å²) in [5.41, 5.74) is 1.35. The summed E-state index contributed by atoms with van der Waals surface area (Å²) in [5, 5.41) is 7.80. The Morgan fingerprint density at radius 3 is 2.81 bits per heavy atom. The molecule has 0 saturated heterocycles. The minimum absolute atomic E-state index is 0.0961. The van der Waals surface area contributed by atoms with Gasteiger partial charge in [-0.25, -0.2) is 4.39 Å². The summed E-state index contributed by atoms with van der Waals surface area (Å²) in [6.45, 7) is 4.35. The summed E-state index contributed by atoms with van der Waals surface area (Å²) >= 11 is 0. The average molecular weight is 437 g/mol. The fraction of sp³-hybridized carbons (Fsp3) is 0.292. The summed E-state index contributed by atoms with van der Waals surface area (Å²) in [4.78, 5) is 16.7. The molecule has 0 spiro atoms. The topological polar surface area (TPSA) is 90.4 Å². The third-order valence-corrected chi connectivity index (χ3v) is 5.00. The quantitative estimate of drug-likeness (QED) is 0.386. The third kappa shape index (κ3) is 4.96. The van der Waals surface area contributed by atoms with Gasteiger partial charge in [-0.2, -0.15) is 4.98 Å². The van der Waals surface area contributed by atoms with Gasteiger partial charge in [0, 0.05) is 23.8 Å². The predicted octanol–water partition coefficient (Wildman–Crippen LogP) is 5.22. The number of hydrogen-bond donors (Lipinski definition) is 1. The molecule has 1 amide bonds. The van der Waals surface area contributed by atoms with Gasteiger partial charge >= 0.3 is 0 Å². The molecule has 32 heavy (non-hydrogen) atoms. The lowest BCUT2D eigenvalue weighted by Crippen LogP contribution is -2.26. The average Bonchev–Trinajstić information content (AvgIpc) is 3.42. The lowest BCUT2D eigenvalue weighted by Gasteiger charge is -2.11. The van der Waals surface area contributed by atoms with E-state index in [0.29, 0.717) is 60.2 Å². The maximum atomic E-state index is 13.0. The first-order valence-electron chi connectivity index (χ1n) is 10.6. The fourth-order valence-corrected chi connectivity index (χ4v) is 3.40. The zero-order valence-corrected chi connectivity index (χ0v) is 17.9. The molecule has 4 aromatic rings. The van der Waals surface area contributed by atoms with E-state index in [1.165, 1.54) is 12.1 Å². The van der Waals surface area contributed by atoms with Gasteiger partial charge in [-0.15, -0.1) is 0 Å². The number of halogens is 1. The number of carbonyl (C=O) groups excluding carboxylic acids is 1. The monoisotopic (exact) mass is 437 g/mol. The predicted molar refractivity (Wildman–Crippen MR) is 117 cm³/mol. The Morgan fingerprint density at radius 1 is 1.22 bits per heavy atom. The molecule has 8 heteroatoms. The molecule has 166 valence electrons. The lowest BCUT2D eigenvalue weighted by molar-refractivity contribution is -0.121. The van der Waals surface area contributed by atoms with Crippen molar-refractivity contribution in [3.8, 4) is 17.1 Å². The fourth-order valence-electron chi connectivity index (χ4n) is 3.40. The van der Waals surface area contributed by atoms with E-state index in [1.807, 2.05) is 38.1 Å². The number of carbonyl (C=O) groups is 1. The summed E-state index contributed by atoms with van der Waals surface area (Å²) < 4.78 is 29.8. The number of aromatic nitrogens is 2. The van der Waals surface area contributed by atoms with Crippen LogP contribution in [0.25, 0.3) is 22.4 Å². The van der Waals surface area contributed by atoms with Gasteiger partial charge in [-0.05, 0) is 56.7 Å². The highest BCUT2D eigenvalue weighted by atomic mass is 19.1. The molecular formula is C24H24FN3O4. The number of para-hydroxylation sites is 1. The van der Waals surface area contributed by atoms with Crippen LogP contribution in [0.1, 0.15) is 44.4 Å². The van der Waals surface area contributed by atoms with Gasteiger partial charge < -0.3 is 19.0 Å². The van der Waals surface area contributed by atoms with Gasteiger partial charge in [0.25, 0.3) is 0 Å². The van der Waals surface area contributed by atoms with Crippen LogP contribution in [-0.4, -0.2) is 22.7 Å². The first kappa shape index (κ1) is 21.5. The molecule has 0 aliphatic carbocycles. The van der Waals surface area contributed by atoms with Crippen molar-refractivity contribution in [1.82, 2.24) is 15.5 Å². The Labute approximate surface area is 184 Å². The maximum Gasteiger partial charge on any atom is 0.226 e. The minimum atomic E-state index is -0.324. The second-order valence-corrected chi connectivity index (χ2v) is 7.42. The number of nitrogens with one attached hydrogen (secondary N) is 1. The molecular weight excluding hydrogens is 413 g/mol. The smallest absolute Gasteiger partial charge is 0.226 e. The van der Waals surface area contributed by atoms with Gasteiger partial charge in [-0.3, -0.25) is 4.79 Å². The van der Waals surface area contributed by atoms with E-state index in [0.717, 1.165) is 5.39 Å². The van der Waals surface area contributed by atoms with Crippen molar-refractivity contribution in [3.63, 3.8) is 0 Å². The van der Waals surface area contributed by atoms with Crippen molar-refractivity contribution in [2.75, 3.05) is 6.61 Å². The normalized spacial score (nSPS) is 12.1. The standard InChI is InChI=1S/C24H24FN3O4/c1-3-30-19-7-4-6-17-14-20(31-23(17)19)15(2)26-21(29)8-5-9-22-27-24(28-32-22)16-10-12-18(25)13-11-16/h4,6-7,10-15H,3,5,8-9H2,1-2H3,(H,26,29). The van der Waals surface area contributed by atoms with Crippen molar-refractivity contribution >= 4 is 16.9 Å². The Balaban J connectivity index is 1.29. The minimum Gasteiger partial charge on any atom is -0.490 e. The number of furan rings is 1. The Kier molecular flexibility index (Phi) is 6.49. The van der Waals surface area contributed by atoms with E-state index >= 15 is 0 Å². The van der Waals surface area contributed by atoms with Crippen LogP contribution >= 0.6 is 0 Å². The number of amides is 1. The van der Waals surface area contributed by atoms with Crippen molar-refractivity contribution in [1.29, 1.82) is 0 Å². The van der Waals surface area contributed by atoms with Crippen LogP contribution < -0.4 is 10.1 Å². The van der Waals surface area contributed by atoms with Crippen molar-refractivity contribution in [3.05, 3.63) is 66.0 Å². The second kappa shape index (κ2) is 9.64. The van der Waals surface area contributed by atoms with Crippen LogP contribution in [0.3, 0.4) is 0 Å². The molecule has 1 atom stereocenters. The highest BCUT2D eigenvalue weighted by Gasteiger charge is 2.17. The van der Waals surface area contributed by atoms with Gasteiger partial charge in [0.05, 0.1) is 12.6 Å². The number of aryl methyl sites for hydroxylation is 1. The third-order valence-electron chi connectivity index (χ3n) is 5.00. The van der Waals surface area contributed by atoms with Crippen molar-refractivity contribution < 1.29 is 22.9 Å². The van der Waals surface area contributed by atoms with Gasteiger partial charge in [-0.1, -0.05) is 17.3 Å². The summed E-state index contributed by atoms with van der Waals surface area (Å²) in [7, 11) is 0. The van der Waals surface area contributed by atoms with Crippen LogP contribution in [0, 0.1) is 5.82 Å². The number of nitrogens with zero attached hydrogens (tertiary/aromatic N) is 2. The number of benzene rings is 2. The Bertz CT molecular complexity index is 1200. The number of ether oxygens (including phenoxy) is 1. The van der Waals surface area contributed by atoms with E-state index in [1.54, 1.807) is 12.1 Å². The molecule has 0 saturated carbocycles. The molecule has 1 unspecified atom stereocenters. The first-order chi connectivity index (χ1) is 15.5. The molecule has 0 radical (unpaired) electrons. The molecule has 0 bridgehead atoms. The Morgan fingerprint density at radius 2 is 2.03 bits per heavy atom. The van der Waals surface area contributed by atoms with E-state index in [4.69, 9.17) is 13.7 Å². The molecule has 1 N–H and O–H groups in total. The van der Waals surface area contributed by atoms with Crippen LogP contribution in [0.5, 0.6) is 5.75 Å². The highest BCUT2D eigenvalue weighted by Crippen LogP contribution is 2.31. The van der Waals surface area contributed by atoms with E-state index in [2.05, 4.69) is 15.5 Å². The van der Waals surface area contributed by atoms with E-state index < -0.39 is 0 Å². The van der Waals surface area contributed by atoms with Crippen LogP contribution in [-0.2, 0) is 11.2 Å². The SMILES string of the molecule is CCOc1cccc2cc(C(C)NC(=O)CCCc3nc(-c4ccc(F)cc4)no3)oc12. The molecule has 0 aliphatic heterocycles. The van der Waals surface area contributed by atoms with Gasteiger partial charge in [0.15, 0.2) is 11.3 Å². The van der Waals surface area contributed by atoms with E-state index in [9.17, 15) is 9.18 Å². The van der Waals surface area contributed by atoms with E-state index in [-0.39, 0.29) is 17.8 Å². The summed E-state index contributed by atoms with van der Waals surface area (Å²) in [6, 6.07) is 13.2. The Hall–Kier alpha value is -3.68. The number of rotatable bonds is 9. The molecule has 2 heterocycles. The summed E-state index contributed by atoms with van der Waals surface area (Å²) in [6.07, 6.45) is 1.33. The lowest BCUT2D eigenvalue weighted by atomic mass is 10.2. The molecule has 0 aliphatic rings. The molecule has 7 nitrogen and oxygen atoms in total. The summed E-state index contributed by atoms with van der Waals surface area (Å²) in [5.74, 6) is 1.77. The van der Waals surface area contributed by atoms with Gasteiger partial charge in [0.2, 0.25) is 17.6 Å². The van der Waals surface area contributed by atoms with Gasteiger partial charge in [0.1, 0.15) is 11.6 Å². The number of hydrogen-bond acceptors (Lipinski definition) is 6. The maximum absolute atomic E-state index is 13.0. The molecule has 2 aromatic heterocycles. The van der Waals surface area contributed by atoms with Crippen molar-refractivity contribution in [2.24, 2.45) is 0 Å². The second-order valence-electron chi connectivity index (χ2n) is 7.42. The molecule has 0 fully saturated rings.